The minimum Gasteiger partial charge on any atom is -0.325 e. The van der Waals surface area contributed by atoms with E-state index in [1.807, 2.05) is 41.1 Å². The van der Waals surface area contributed by atoms with Gasteiger partial charge in [0.15, 0.2) is 4.96 Å². The fourth-order valence-corrected chi connectivity index (χ4v) is 3.97. The molecule has 0 spiro atoms. The van der Waals surface area contributed by atoms with E-state index < -0.39 is 0 Å². The van der Waals surface area contributed by atoms with Crippen LogP contribution in [-0.2, 0) is 11.2 Å². The Hall–Kier alpha value is -2.63. The van der Waals surface area contributed by atoms with Crippen LogP contribution in [0, 0.1) is 13.8 Å². The topological polar surface area (TPSA) is 46.4 Å². The molecular formula is C21H18ClN3OS. The summed E-state index contributed by atoms with van der Waals surface area (Å²) in [7, 11) is 0. The maximum atomic E-state index is 12.5. The number of thiazole rings is 1. The highest BCUT2D eigenvalue weighted by atomic mass is 35.5. The highest BCUT2D eigenvalue weighted by molar-refractivity contribution is 7.15. The minimum atomic E-state index is -0.0781. The lowest BCUT2D eigenvalue weighted by molar-refractivity contribution is -0.115. The number of halogens is 1. The predicted molar refractivity (Wildman–Crippen MR) is 112 cm³/mol. The maximum absolute atomic E-state index is 12.5. The van der Waals surface area contributed by atoms with Gasteiger partial charge in [-0.1, -0.05) is 47.5 Å². The number of hydrogen-bond acceptors (Lipinski definition) is 3. The highest BCUT2D eigenvalue weighted by Crippen LogP contribution is 2.25. The highest BCUT2D eigenvalue weighted by Gasteiger charge is 2.13. The number of nitrogens with one attached hydrogen (secondary N) is 1. The molecule has 4 rings (SSSR count). The van der Waals surface area contributed by atoms with Gasteiger partial charge in [0.05, 0.1) is 12.1 Å². The van der Waals surface area contributed by atoms with Crippen molar-refractivity contribution in [3.05, 3.63) is 75.9 Å². The van der Waals surface area contributed by atoms with Crippen LogP contribution in [0.4, 0.5) is 5.69 Å². The van der Waals surface area contributed by atoms with Crippen molar-refractivity contribution in [3.8, 4) is 11.3 Å². The Morgan fingerprint density at radius 1 is 1.19 bits per heavy atom. The zero-order valence-electron chi connectivity index (χ0n) is 15.0. The Morgan fingerprint density at radius 2 is 1.96 bits per heavy atom. The maximum Gasteiger partial charge on any atom is 0.230 e. The summed E-state index contributed by atoms with van der Waals surface area (Å²) in [4.78, 5) is 18.1. The molecule has 0 saturated carbocycles. The van der Waals surface area contributed by atoms with Crippen molar-refractivity contribution < 1.29 is 4.79 Å². The summed E-state index contributed by atoms with van der Waals surface area (Å²) in [5.41, 5.74) is 5.72. The van der Waals surface area contributed by atoms with Gasteiger partial charge in [-0.05, 0) is 31.5 Å². The Bertz CT molecular complexity index is 1130. The van der Waals surface area contributed by atoms with Gasteiger partial charge in [-0.25, -0.2) is 4.98 Å². The lowest BCUT2D eigenvalue weighted by Crippen LogP contribution is -2.16. The van der Waals surface area contributed by atoms with Crippen LogP contribution in [0.1, 0.15) is 16.8 Å². The van der Waals surface area contributed by atoms with Crippen molar-refractivity contribution in [3.63, 3.8) is 0 Å². The van der Waals surface area contributed by atoms with Crippen molar-refractivity contribution in [2.45, 2.75) is 20.3 Å². The fourth-order valence-electron chi connectivity index (χ4n) is 2.92. The number of amides is 1. The summed E-state index contributed by atoms with van der Waals surface area (Å²) < 4.78 is 1.99. The molecule has 2 aromatic carbocycles. The standard InChI is InChI=1S/C21H18ClN3OS/c1-13-6-8-15(9-7-13)19-11-25-16(12-27-21(25)24-19)10-20(26)23-18-5-3-4-17(22)14(18)2/h3-9,11-12H,10H2,1-2H3,(H,23,26). The molecule has 2 aromatic heterocycles. The number of carbonyl (C=O) groups excluding carboxylic acids is 1. The molecule has 27 heavy (non-hydrogen) atoms. The fraction of sp³-hybridized carbons (Fsp3) is 0.143. The molecule has 6 heteroatoms. The van der Waals surface area contributed by atoms with Gasteiger partial charge in [-0.15, -0.1) is 11.3 Å². The number of benzene rings is 2. The largest absolute Gasteiger partial charge is 0.325 e. The van der Waals surface area contributed by atoms with E-state index in [1.54, 1.807) is 0 Å². The number of nitrogens with zero attached hydrogens (tertiary/aromatic N) is 2. The third kappa shape index (κ3) is 3.61. The molecule has 2 heterocycles. The molecule has 0 bridgehead atoms. The molecule has 136 valence electrons. The monoisotopic (exact) mass is 395 g/mol. The van der Waals surface area contributed by atoms with Gasteiger partial charge < -0.3 is 5.32 Å². The van der Waals surface area contributed by atoms with E-state index in [-0.39, 0.29) is 12.3 Å². The quantitative estimate of drug-likeness (QED) is 0.495. The van der Waals surface area contributed by atoms with Gasteiger partial charge >= 0.3 is 0 Å². The average Bonchev–Trinajstić information content (AvgIpc) is 3.22. The molecule has 0 fully saturated rings. The lowest BCUT2D eigenvalue weighted by Gasteiger charge is -2.09. The van der Waals surface area contributed by atoms with Gasteiger partial charge in [0, 0.05) is 33.5 Å². The zero-order valence-corrected chi connectivity index (χ0v) is 16.6. The second-order valence-electron chi connectivity index (χ2n) is 6.51. The lowest BCUT2D eigenvalue weighted by atomic mass is 10.1. The Morgan fingerprint density at radius 3 is 2.74 bits per heavy atom. The molecule has 0 saturated heterocycles. The van der Waals surface area contributed by atoms with E-state index in [1.165, 1.54) is 16.9 Å². The molecule has 0 aliphatic heterocycles. The van der Waals surface area contributed by atoms with Crippen LogP contribution in [0.25, 0.3) is 16.2 Å². The molecule has 0 aliphatic rings. The third-order valence-corrected chi connectivity index (χ3v) is 5.81. The summed E-state index contributed by atoms with van der Waals surface area (Å²) in [6.07, 6.45) is 2.26. The Kier molecular flexibility index (Phi) is 4.72. The van der Waals surface area contributed by atoms with Crippen LogP contribution in [0.5, 0.6) is 0 Å². The Balaban J connectivity index is 1.56. The first-order chi connectivity index (χ1) is 13.0. The summed E-state index contributed by atoms with van der Waals surface area (Å²) in [6.45, 7) is 3.96. The third-order valence-electron chi connectivity index (χ3n) is 4.51. The molecule has 0 atom stereocenters. The SMILES string of the molecule is Cc1ccc(-c2cn3c(CC(=O)Nc4cccc(Cl)c4C)csc3n2)cc1. The summed E-state index contributed by atoms with van der Waals surface area (Å²) in [6, 6.07) is 13.8. The van der Waals surface area contributed by atoms with Crippen molar-refractivity contribution in [2.24, 2.45) is 0 Å². The number of hydrogen-bond donors (Lipinski definition) is 1. The van der Waals surface area contributed by atoms with Crippen LogP contribution >= 0.6 is 22.9 Å². The second-order valence-corrected chi connectivity index (χ2v) is 7.75. The molecule has 4 nitrogen and oxygen atoms in total. The first kappa shape index (κ1) is 17.8. The van der Waals surface area contributed by atoms with Crippen LogP contribution in [0.15, 0.2) is 54.0 Å². The van der Waals surface area contributed by atoms with Crippen LogP contribution in [0.2, 0.25) is 5.02 Å². The van der Waals surface area contributed by atoms with Gasteiger partial charge in [0.25, 0.3) is 0 Å². The predicted octanol–water partition coefficient (Wildman–Crippen LogP) is 5.51. The van der Waals surface area contributed by atoms with E-state index in [9.17, 15) is 4.79 Å². The van der Waals surface area contributed by atoms with E-state index in [0.29, 0.717) is 5.02 Å². The molecule has 1 N–H and O–H groups in total. The van der Waals surface area contributed by atoms with E-state index >= 15 is 0 Å². The number of fused-ring (bicyclic) bond motifs is 1. The average molecular weight is 396 g/mol. The summed E-state index contributed by atoms with van der Waals surface area (Å²) >= 11 is 7.66. The van der Waals surface area contributed by atoms with E-state index in [4.69, 9.17) is 11.6 Å². The molecule has 1 amide bonds. The molecule has 0 aliphatic carbocycles. The first-order valence-electron chi connectivity index (χ1n) is 8.59. The summed E-state index contributed by atoms with van der Waals surface area (Å²) in [5, 5.41) is 5.57. The summed E-state index contributed by atoms with van der Waals surface area (Å²) in [5.74, 6) is -0.0781. The smallest absolute Gasteiger partial charge is 0.230 e. The van der Waals surface area contributed by atoms with Crippen LogP contribution < -0.4 is 5.32 Å². The van der Waals surface area contributed by atoms with Gasteiger partial charge in [0.1, 0.15) is 0 Å². The Labute approximate surface area is 166 Å². The van der Waals surface area contributed by atoms with E-state index in [2.05, 4.69) is 41.5 Å². The second kappa shape index (κ2) is 7.18. The van der Waals surface area contributed by atoms with Crippen LogP contribution in [0.3, 0.4) is 0 Å². The normalized spacial score (nSPS) is 11.1. The van der Waals surface area contributed by atoms with Gasteiger partial charge in [-0.3, -0.25) is 9.20 Å². The van der Waals surface area contributed by atoms with Gasteiger partial charge in [0.2, 0.25) is 5.91 Å². The van der Waals surface area contributed by atoms with Crippen molar-refractivity contribution in [2.75, 3.05) is 5.32 Å². The molecule has 4 aromatic rings. The van der Waals surface area contributed by atoms with Gasteiger partial charge in [-0.2, -0.15) is 0 Å². The molecule has 0 radical (unpaired) electrons. The van der Waals surface area contributed by atoms with Crippen LogP contribution in [-0.4, -0.2) is 15.3 Å². The number of imidazole rings is 1. The number of aromatic nitrogens is 2. The van der Waals surface area contributed by atoms with Crippen molar-refractivity contribution >= 4 is 39.5 Å². The van der Waals surface area contributed by atoms with Crippen molar-refractivity contribution in [1.82, 2.24) is 9.38 Å². The number of carbonyl (C=O) groups is 1. The number of aryl methyl sites for hydroxylation is 1. The minimum absolute atomic E-state index is 0.0781. The number of anilines is 1. The van der Waals surface area contributed by atoms with E-state index in [0.717, 1.165) is 33.2 Å². The number of rotatable bonds is 4. The first-order valence-corrected chi connectivity index (χ1v) is 9.84. The molecular weight excluding hydrogens is 378 g/mol. The molecule has 0 unspecified atom stereocenters. The zero-order chi connectivity index (χ0) is 19.0. The van der Waals surface area contributed by atoms with Crippen molar-refractivity contribution in [1.29, 1.82) is 0 Å².